The summed E-state index contributed by atoms with van der Waals surface area (Å²) in [7, 11) is 0. The summed E-state index contributed by atoms with van der Waals surface area (Å²) >= 11 is 0. The fourth-order valence-corrected chi connectivity index (χ4v) is 3.64. The van der Waals surface area contributed by atoms with Gasteiger partial charge in [0.15, 0.2) is 17.1 Å². The van der Waals surface area contributed by atoms with E-state index in [1.165, 1.54) is 11.8 Å². The lowest BCUT2D eigenvalue weighted by molar-refractivity contribution is -0.146. The molecule has 1 atom stereocenters. The average molecular weight is 484 g/mol. The number of amides is 1. The van der Waals surface area contributed by atoms with Crippen LogP contribution in [0.25, 0.3) is 11.0 Å². The zero-order valence-corrected chi connectivity index (χ0v) is 18.7. The van der Waals surface area contributed by atoms with E-state index >= 15 is 0 Å². The molecular weight excluding hydrogens is 458 g/mol. The molecule has 186 valence electrons. The zero-order chi connectivity index (χ0) is 25.6. The lowest BCUT2D eigenvalue weighted by atomic mass is 10.0. The van der Waals surface area contributed by atoms with Gasteiger partial charge in [-0.3, -0.25) is 19.3 Å². The number of fused-ring (bicyclic) bond motifs is 1. The van der Waals surface area contributed by atoms with E-state index in [9.17, 15) is 38.2 Å². The van der Waals surface area contributed by atoms with Crippen LogP contribution in [0.4, 0.5) is 8.78 Å². The summed E-state index contributed by atoms with van der Waals surface area (Å²) in [6.07, 6.45) is 0.575. The van der Waals surface area contributed by atoms with E-state index in [-0.39, 0.29) is 36.0 Å². The van der Waals surface area contributed by atoms with Crippen molar-refractivity contribution in [3.63, 3.8) is 0 Å². The number of aromatic hydroxyl groups is 1. The van der Waals surface area contributed by atoms with Crippen LogP contribution in [0.5, 0.6) is 5.75 Å². The fraction of sp³-hybridized carbons (Fsp3) is 0.455. The van der Waals surface area contributed by atoms with Gasteiger partial charge in [0, 0.05) is 11.9 Å². The second-order valence-corrected chi connectivity index (χ2v) is 7.72. The lowest BCUT2D eigenvalue weighted by Gasteiger charge is -2.25. The molecule has 1 heterocycles. The van der Waals surface area contributed by atoms with Gasteiger partial charge in [-0.15, -0.1) is 0 Å². The van der Waals surface area contributed by atoms with Crippen molar-refractivity contribution in [2.75, 3.05) is 19.6 Å². The molecule has 0 radical (unpaired) electrons. The normalized spacial score (nSPS) is 12.1. The number of hydrogen-bond acceptors (Lipinski definition) is 7. The van der Waals surface area contributed by atoms with Crippen molar-refractivity contribution in [3.05, 3.63) is 39.2 Å². The second-order valence-electron chi connectivity index (χ2n) is 7.72. The SMILES string of the molecule is CCN(CC(=O)O)C(CCCCNC(=O)Cc1c(C)c2cc(F)c(O)c(F)c2oc1=O)C(=O)O. The number of aliphatic carboxylic acids is 2. The van der Waals surface area contributed by atoms with Crippen LogP contribution in [0.2, 0.25) is 0 Å². The maximum absolute atomic E-state index is 14.0. The van der Waals surface area contributed by atoms with E-state index in [4.69, 9.17) is 9.52 Å². The number of phenolic OH excluding ortho intramolecular Hbond substituents is 1. The van der Waals surface area contributed by atoms with Crippen LogP contribution in [0, 0.1) is 18.6 Å². The number of nitrogens with zero attached hydrogens (tertiary/aromatic N) is 1. The van der Waals surface area contributed by atoms with E-state index in [2.05, 4.69) is 5.32 Å². The Balaban J connectivity index is 1.97. The largest absolute Gasteiger partial charge is 0.503 e. The molecule has 0 aliphatic rings. The molecule has 1 aromatic carbocycles. The van der Waals surface area contributed by atoms with Gasteiger partial charge in [-0.05, 0) is 44.4 Å². The predicted octanol–water partition coefficient (Wildman–Crippen LogP) is 1.77. The number of carbonyl (C=O) groups is 3. The topological polar surface area (TPSA) is 157 Å². The molecule has 0 fully saturated rings. The first-order valence-electron chi connectivity index (χ1n) is 10.6. The van der Waals surface area contributed by atoms with Gasteiger partial charge >= 0.3 is 17.6 Å². The van der Waals surface area contributed by atoms with Crippen LogP contribution < -0.4 is 10.9 Å². The van der Waals surface area contributed by atoms with Gasteiger partial charge in [-0.1, -0.05) is 6.92 Å². The van der Waals surface area contributed by atoms with Crippen LogP contribution in [0.1, 0.15) is 37.3 Å². The molecule has 2 rings (SSSR count). The summed E-state index contributed by atoms with van der Waals surface area (Å²) in [6, 6.07) is -0.155. The summed E-state index contributed by atoms with van der Waals surface area (Å²) in [5, 5.41) is 30.1. The van der Waals surface area contributed by atoms with E-state index in [1.807, 2.05) is 0 Å². The van der Waals surface area contributed by atoms with E-state index in [1.54, 1.807) is 6.92 Å². The van der Waals surface area contributed by atoms with Crippen LogP contribution >= 0.6 is 0 Å². The number of hydrogen-bond donors (Lipinski definition) is 4. The number of aryl methyl sites for hydroxylation is 1. The fourth-order valence-electron chi connectivity index (χ4n) is 3.64. The highest BCUT2D eigenvalue weighted by atomic mass is 19.1. The van der Waals surface area contributed by atoms with Crippen molar-refractivity contribution in [3.8, 4) is 5.75 Å². The minimum Gasteiger partial charge on any atom is -0.503 e. The lowest BCUT2D eigenvalue weighted by Crippen LogP contribution is -2.44. The smallest absolute Gasteiger partial charge is 0.340 e. The molecule has 1 unspecified atom stereocenters. The van der Waals surface area contributed by atoms with Crippen molar-refractivity contribution >= 4 is 28.8 Å². The number of halogens is 2. The van der Waals surface area contributed by atoms with Gasteiger partial charge in [0.25, 0.3) is 0 Å². The predicted molar refractivity (Wildman–Crippen MR) is 116 cm³/mol. The molecule has 0 saturated carbocycles. The first-order valence-corrected chi connectivity index (χ1v) is 10.6. The number of carbonyl (C=O) groups excluding carboxylic acids is 1. The van der Waals surface area contributed by atoms with E-state index < -0.39 is 65.4 Å². The van der Waals surface area contributed by atoms with Crippen LogP contribution in [0.15, 0.2) is 15.3 Å². The Morgan fingerprint density at radius 3 is 2.47 bits per heavy atom. The standard InChI is InChI=1S/C22H26F2N2O8/c1-3-26(10-17(28)29)15(21(31)32)6-4-5-7-25-16(27)9-13-11(2)12-8-14(23)19(30)18(24)20(12)34-22(13)33/h8,15,30H,3-7,9-10H2,1-2H3,(H,25,27)(H,28,29)(H,31,32). The molecule has 0 spiro atoms. The first kappa shape index (κ1) is 26.7. The molecule has 4 N–H and O–H groups in total. The molecule has 0 aliphatic heterocycles. The van der Waals surface area contributed by atoms with Gasteiger partial charge in [0.1, 0.15) is 6.04 Å². The van der Waals surface area contributed by atoms with Gasteiger partial charge in [-0.25, -0.2) is 9.18 Å². The second kappa shape index (κ2) is 11.5. The number of carboxylic acids is 2. The van der Waals surface area contributed by atoms with Crippen LogP contribution in [0.3, 0.4) is 0 Å². The quantitative estimate of drug-likeness (QED) is 0.260. The number of carboxylic acid groups (broad SMARTS) is 2. The number of likely N-dealkylation sites (N-methyl/N-ethyl adjacent to an activating group) is 1. The Bertz CT molecular complexity index is 1150. The molecular formula is C22H26F2N2O8. The number of rotatable bonds is 12. The third kappa shape index (κ3) is 6.28. The number of unbranched alkanes of at least 4 members (excludes halogenated alkanes) is 1. The Morgan fingerprint density at radius 2 is 1.88 bits per heavy atom. The van der Waals surface area contributed by atoms with Crippen molar-refractivity contribution in [1.29, 1.82) is 0 Å². The first-order chi connectivity index (χ1) is 16.0. The number of benzene rings is 1. The molecule has 10 nitrogen and oxygen atoms in total. The van der Waals surface area contributed by atoms with Crippen molar-refractivity contribution in [2.45, 2.75) is 45.6 Å². The summed E-state index contributed by atoms with van der Waals surface area (Å²) < 4.78 is 32.6. The van der Waals surface area contributed by atoms with Crippen LogP contribution in [-0.4, -0.2) is 63.7 Å². The highest BCUT2D eigenvalue weighted by Crippen LogP contribution is 2.30. The Kier molecular flexibility index (Phi) is 9.07. The molecule has 1 aromatic heterocycles. The highest BCUT2D eigenvalue weighted by Gasteiger charge is 2.25. The van der Waals surface area contributed by atoms with E-state index in [0.717, 1.165) is 6.07 Å². The van der Waals surface area contributed by atoms with E-state index in [0.29, 0.717) is 12.8 Å². The molecule has 12 heteroatoms. The van der Waals surface area contributed by atoms with Gasteiger partial charge in [0.2, 0.25) is 11.7 Å². The third-order valence-electron chi connectivity index (χ3n) is 5.48. The molecule has 0 aliphatic carbocycles. The van der Waals surface area contributed by atoms with Gasteiger partial charge in [-0.2, -0.15) is 4.39 Å². The monoisotopic (exact) mass is 484 g/mol. The summed E-state index contributed by atoms with van der Waals surface area (Å²) in [4.78, 5) is 48.2. The minimum atomic E-state index is -1.41. The minimum absolute atomic E-state index is 0.0863. The maximum atomic E-state index is 14.0. The summed E-state index contributed by atoms with van der Waals surface area (Å²) in [5.74, 6) is -6.72. The zero-order valence-electron chi connectivity index (χ0n) is 18.7. The van der Waals surface area contributed by atoms with Crippen molar-refractivity contribution < 1.29 is 42.9 Å². The Labute approximate surface area is 192 Å². The number of phenols is 1. The highest BCUT2D eigenvalue weighted by molar-refractivity contribution is 5.85. The Hall–Kier alpha value is -3.54. The maximum Gasteiger partial charge on any atom is 0.340 e. The van der Waals surface area contributed by atoms with Gasteiger partial charge in [0.05, 0.1) is 18.5 Å². The third-order valence-corrected chi connectivity index (χ3v) is 5.48. The Morgan fingerprint density at radius 1 is 1.21 bits per heavy atom. The van der Waals surface area contributed by atoms with Crippen molar-refractivity contribution in [2.24, 2.45) is 0 Å². The molecule has 34 heavy (non-hydrogen) atoms. The molecule has 2 aromatic rings. The van der Waals surface area contributed by atoms with Crippen molar-refractivity contribution in [1.82, 2.24) is 10.2 Å². The molecule has 1 amide bonds. The summed E-state index contributed by atoms with van der Waals surface area (Å²) in [5.41, 5.74) is -1.55. The average Bonchev–Trinajstić information content (AvgIpc) is 2.76. The van der Waals surface area contributed by atoms with Crippen LogP contribution in [-0.2, 0) is 20.8 Å². The number of nitrogens with one attached hydrogen (secondary N) is 1. The molecule has 0 saturated heterocycles. The summed E-state index contributed by atoms with van der Waals surface area (Å²) in [6.45, 7) is 3.09. The van der Waals surface area contributed by atoms with Gasteiger partial charge < -0.3 is 25.1 Å². The molecule has 0 bridgehead atoms.